The normalized spacial score (nSPS) is 21.5. The van der Waals surface area contributed by atoms with Crippen molar-refractivity contribution >= 4 is 51.6 Å². The fourth-order valence-electron chi connectivity index (χ4n) is 5.21. The molecule has 1 saturated carbocycles. The van der Waals surface area contributed by atoms with Crippen molar-refractivity contribution in [3.05, 3.63) is 56.6 Å². The number of halogens is 1. The molecule has 3 amide bonds. The van der Waals surface area contributed by atoms with Crippen molar-refractivity contribution in [1.29, 1.82) is 0 Å². The molecule has 38 heavy (non-hydrogen) atoms. The fraction of sp³-hybridized carbons (Fsp3) is 0.444. The number of thiazole rings is 1. The third-order valence-electron chi connectivity index (χ3n) is 7.30. The molecule has 3 heterocycles. The highest BCUT2D eigenvalue weighted by atomic mass is 35.5. The van der Waals surface area contributed by atoms with Crippen LogP contribution >= 0.6 is 22.9 Å². The number of aromatic nitrogens is 2. The van der Waals surface area contributed by atoms with E-state index < -0.39 is 6.04 Å². The number of fused-ring (bicyclic) bond motifs is 2. The molecule has 0 bridgehead atoms. The Balaban J connectivity index is 1.34. The number of carbonyl (C=O) groups is 3. The van der Waals surface area contributed by atoms with E-state index in [9.17, 15) is 14.4 Å². The van der Waals surface area contributed by atoms with E-state index in [4.69, 9.17) is 11.6 Å². The van der Waals surface area contributed by atoms with Crippen LogP contribution in [0.15, 0.2) is 30.5 Å². The molecular formula is C27H31ClN6O3S. The number of rotatable bonds is 5. The van der Waals surface area contributed by atoms with Crippen LogP contribution in [0.5, 0.6) is 0 Å². The smallest absolute Gasteiger partial charge is 0.280 e. The van der Waals surface area contributed by atoms with Gasteiger partial charge in [0.15, 0.2) is 5.01 Å². The zero-order valence-electron chi connectivity index (χ0n) is 21.7. The van der Waals surface area contributed by atoms with E-state index in [1.165, 1.54) is 17.5 Å². The van der Waals surface area contributed by atoms with Gasteiger partial charge in [0.25, 0.3) is 11.8 Å². The zero-order chi connectivity index (χ0) is 27.0. The molecule has 2 aliphatic rings. The lowest BCUT2D eigenvalue weighted by molar-refractivity contribution is -0.134. The minimum atomic E-state index is -0.412. The van der Waals surface area contributed by atoms with Gasteiger partial charge in [-0.15, -0.1) is 11.3 Å². The van der Waals surface area contributed by atoms with Gasteiger partial charge in [0.1, 0.15) is 0 Å². The van der Waals surface area contributed by atoms with Crippen LogP contribution in [0.1, 0.15) is 50.0 Å². The molecule has 0 spiro atoms. The van der Waals surface area contributed by atoms with Crippen molar-refractivity contribution < 1.29 is 14.4 Å². The van der Waals surface area contributed by atoms with Crippen molar-refractivity contribution in [1.82, 2.24) is 30.4 Å². The molecule has 1 fully saturated rings. The summed E-state index contributed by atoms with van der Waals surface area (Å²) >= 11 is 7.47. The summed E-state index contributed by atoms with van der Waals surface area (Å²) in [5.74, 6) is -0.741. The number of hydrogen-bond acceptors (Lipinski definition) is 7. The number of likely N-dealkylation sites (N-methyl/N-ethyl adjacent to an activating group) is 1. The van der Waals surface area contributed by atoms with Gasteiger partial charge in [0.05, 0.1) is 22.8 Å². The zero-order valence-corrected chi connectivity index (χ0v) is 23.2. The third kappa shape index (κ3) is 5.67. The predicted molar refractivity (Wildman–Crippen MR) is 147 cm³/mol. The second kappa shape index (κ2) is 11.0. The Morgan fingerprint density at radius 3 is 2.68 bits per heavy atom. The predicted octanol–water partition coefficient (Wildman–Crippen LogP) is 3.12. The Kier molecular flexibility index (Phi) is 7.65. The van der Waals surface area contributed by atoms with Crippen molar-refractivity contribution in [2.45, 2.75) is 44.3 Å². The SMILES string of the molecule is CN1CCc2nc(C(=O)N[C@@H]3C[C@@H](C(=O)N(C)C)CC[C@@H]3NC(=O)c3cnc4cc(Cl)ccc4c3)sc2C1. The highest BCUT2D eigenvalue weighted by Gasteiger charge is 2.37. The molecule has 1 aromatic carbocycles. The molecule has 11 heteroatoms. The molecule has 3 atom stereocenters. The first-order valence-corrected chi connectivity index (χ1v) is 13.9. The van der Waals surface area contributed by atoms with Gasteiger partial charge in [0.2, 0.25) is 5.91 Å². The van der Waals surface area contributed by atoms with Crippen LogP contribution in [0.25, 0.3) is 10.9 Å². The van der Waals surface area contributed by atoms with Gasteiger partial charge in [-0.05, 0) is 44.5 Å². The Morgan fingerprint density at radius 1 is 1.11 bits per heavy atom. The molecule has 1 aliphatic heterocycles. The monoisotopic (exact) mass is 554 g/mol. The minimum Gasteiger partial charge on any atom is -0.349 e. The van der Waals surface area contributed by atoms with E-state index in [0.29, 0.717) is 40.4 Å². The molecule has 1 aliphatic carbocycles. The fourth-order valence-corrected chi connectivity index (χ4v) is 6.47. The number of hydrogen-bond donors (Lipinski definition) is 2. The maximum Gasteiger partial charge on any atom is 0.280 e. The quantitative estimate of drug-likeness (QED) is 0.502. The van der Waals surface area contributed by atoms with E-state index in [-0.39, 0.29) is 29.7 Å². The summed E-state index contributed by atoms with van der Waals surface area (Å²) in [4.78, 5) is 53.2. The summed E-state index contributed by atoms with van der Waals surface area (Å²) < 4.78 is 0. The summed E-state index contributed by atoms with van der Waals surface area (Å²) in [6.07, 6.45) is 3.98. The summed E-state index contributed by atoms with van der Waals surface area (Å²) in [7, 11) is 5.53. The molecule has 0 saturated heterocycles. The number of nitrogens with one attached hydrogen (secondary N) is 2. The first-order valence-electron chi connectivity index (χ1n) is 12.7. The van der Waals surface area contributed by atoms with E-state index in [1.54, 1.807) is 37.2 Å². The largest absolute Gasteiger partial charge is 0.349 e. The summed E-state index contributed by atoms with van der Waals surface area (Å²) in [5, 5.41) is 8.01. The van der Waals surface area contributed by atoms with E-state index in [0.717, 1.165) is 35.5 Å². The van der Waals surface area contributed by atoms with E-state index in [2.05, 4.69) is 32.5 Å². The molecule has 200 valence electrons. The second-order valence-electron chi connectivity index (χ2n) is 10.3. The maximum absolute atomic E-state index is 13.3. The average Bonchev–Trinajstić information content (AvgIpc) is 3.32. The molecule has 2 N–H and O–H groups in total. The van der Waals surface area contributed by atoms with Gasteiger partial charge < -0.3 is 20.4 Å². The van der Waals surface area contributed by atoms with Crippen LogP contribution in [0.4, 0.5) is 0 Å². The molecule has 3 aromatic rings. The van der Waals surface area contributed by atoms with Gasteiger partial charge in [-0.2, -0.15) is 0 Å². The number of pyridine rings is 1. The lowest BCUT2D eigenvalue weighted by Gasteiger charge is -2.37. The highest BCUT2D eigenvalue weighted by Crippen LogP contribution is 2.29. The molecule has 0 unspecified atom stereocenters. The van der Waals surface area contributed by atoms with Crippen LogP contribution in [-0.2, 0) is 17.8 Å². The Labute approximate surface area is 230 Å². The first kappa shape index (κ1) is 26.5. The molecule has 9 nitrogen and oxygen atoms in total. The van der Waals surface area contributed by atoms with Gasteiger partial charge >= 0.3 is 0 Å². The van der Waals surface area contributed by atoms with Crippen molar-refractivity contribution in [2.75, 3.05) is 27.7 Å². The van der Waals surface area contributed by atoms with E-state index in [1.807, 2.05) is 6.07 Å². The van der Waals surface area contributed by atoms with Crippen LogP contribution in [0.3, 0.4) is 0 Å². The second-order valence-corrected chi connectivity index (χ2v) is 11.9. The molecule has 5 rings (SSSR count). The summed E-state index contributed by atoms with van der Waals surface area (Å²) in [6, 6.07) is 6.37. The van der Waals surface area contributed by atoms with Crippen LogP contribution in [-0.4, -0.2) is 77.3 Å². The van der Waals surface area contributed by atoms with Gasteiger partial charge in [0, 0.05) is 67.0 Å². The molecule has 0 radical (unpaired) electrons. The van der Waals surface area contributed by atoms with Crippen LogP contribution < -0.4 is 10.6 Å². The molecule has 2 aromatic heterocycles. The average molecular weight is 555 g/mol. The lowest BCUT2D eigenvalue weighted by Crippen LogP contribution is -2.55. The number of benzene rings is 1. The number of amides is 3. The van der Waals surface area contributed by atoms with Gasteiger partial charge in [-0.1, -0.05) is 17.7 Å². The summed E-state index contributed by atoms with van der Waals surface area (Å²) in [5.41, 5.74) is 2.12. The van der Waals surface area contributed by atoms with Gasteiger partial charge in [-0.25, -0.2) is 4.98 Å². The lowest BCUT2D eigenvalue weighted by atomic mass is 9.81. The Bertz CT molecular complexity index is 1390. The topological polar surface area (TPSA) is 108 Å². The standard InChI is InChI=1S/C27H31ClN6O3S/c1-33(2)27(37)16-5-7-19(30-24(35)17-10-15-4-6-18(28)12-21(15)29-13-17)22(11-16)31-25(36)26-32-20-8-9-34(3)14-23(20)38-26/h4,6,10,12-13,16,19,22H,5,7-9,11,14H2,1-3H3,(H,30,35)(H,31,36)/t16-,19-,22+/m0/s1. The number of nitrogens with zero attached hydrogens (tertiary/aromatic N) is 4. The van der Waals surface area contributed by atoms with Crippen molar-refractivity contribution in [3.63, 3.8) is 0 Å². The number of carbonyl (C=O) groups excluding carboxylic acids is 3. The summed E-state index contributed by atoms with van der Waals surface area (Å²) in [6.45, 7) is 1.70. The van der Waals surface area contributed by atoms with Gasteiger partial charge in [-0.3, -0.25) is 19.4 Å². The van der Waals surface area contributed by atoms with Crippen LogP contribution in [0, 0.1) is 5.92 Å². The Hall–Kier alpha value is -3.08. The Morgan fingerprint density at radius 2 is 1.89 bits per heavy atom. The molecular weight excluding hydrogens is 524 g/mol. The maximum atomic E-state index is 13.3. The van der Waals surface area contributed by atoms with Crippen molar-refractivity contribution in [3.8, 4) is 0 Å². The van der Waals surface area contributed by atoms with Crippen LogP contribution in [0.2, 0.25) is 5.02 Å². The minimum absolute atomic E-state index is 0.0270. The highest BCUT2D eigenvalue weighted by molar-refractivity contribution is 7.13. The third-order valence-corrected chi connectivity index (χ3v) is 8.61. The van der Waals surface area contributed by atoms with Crippen molar-refractivity contribution in [2.24, 2.45) is 5.92 Å². The first-order chi connectivity index (χ1) is 18.2. The van der Waals surface area contributed by atoms with E-state index >= 15 is 0 Å².